The number of thioether (sulfide) groups is 1. The van der Waals surface area contributed by atoms with Crippen molar-refractivity contribution in [3.63, 3.8) is 0 Å². The fraction of sp³-hybridized carbons (Fsp3) is 0.300. The van der Waals surface area contributed by atoms with Crippen LogP contribution in [0.2, 0.25) is 0 Å². The normalized spacial score (nSPS) is 15.7. The molecule has 122 valence electrons. The van der Waals surface area contributed by atoms with Gasteiger partial charge in [-0.2, -0.15) is 0 Å². The Kier molecular flexibility index (Phi) is 4.39. The van der Waals surface area contributed by atoms with E-state index in [0.29, 0.717) is 11.2 Å². The van der Waals surface area contributed by atoms with Gasteiger partial charge in [0.2, 0.25) is 0 Å². The molecule has 1 N–H and O–H groups in total. The molecule has 0 radical (unpaired) electrons. The number of nitrogens with zero attached hydrogens (tertiary/aromatic N) is 1. The van der Waals surface area contributed by atoms with Gasteiger partial charge in [-0.3, -0.25) is 4.79 Å². The lowest BCUT2D eigenvalue weighted by atomic mass is 10.0. The molecule has 0 saturated heterocycles. The molecule has 0 unspecified atom stereocenters. The Morgan fingerprint density at radius 1 is 0.958 bits per heavy atom. The van der Waals surface area contributed by atoms with Gasteiger partial charge in [-0.05, 0) is 37.1 Å². The van der Waals surface area contributed by atoms with Gasteiger partial charge in [-0.25, -0.2) is 4.98 Å². The third-order valence-corrected chi connectivity index (χ3v) is 5.94. The Morgan fingerprint density at radius 3 is 2.50 bits per heavy atom. The highest BCUT2D eigenvalue weighted by Gasteiger charge is 2.14. The lowest BCUT2D eigenvalue weighted by Crippen LogP contribution is -2.09. The van der Waals surface area contributed by atoms with Crippen LogP contribution in [0.5, 0.6) is 0 Å². The second-order valence-electron chi connectivity index (χ2n) is 6.33. The molecule has 24 heavy (non-hydrogen) atoms. The van der Waals surface area contributed by atoms with Crippen molar-refractivity contribution in [1.82, 2.24) is 9.97 Å². The summed E-state index contributed by atoms with van der Waals surface area (Å²) in [4.78, 5) is 21.0. The first-order valence-electron chi connectivity index (χ1n) is 8.56. The smallest absolute Gasteiger partial charge is 0.259 e. The van der Waals surface area contributed by atoms with Gasteiger partial charge in [0.15, 0.2) is 0 Å². The zero-order valence-corrected chi connectivity index (χ0v) is 14.3. The number of hydrogen-bond donors (Lipinski definition) is 1. The van der Waals surface area contributed by atoms with E-state index in [1.807, 2.05) is 30.0 Å². The van der Waals surface area contributed by atoms with Crippen LogP contribution in [0.25, 0.3) is 22.3 Å². The summed E-state index contributed by atoms with van der Waals surface area (Å²) in [6.07, 6.45) is 6.75. The van der Waals surface area contributed by atoms with Gasteiger partial charge in [-0.15, -0.1) is 11.8 Å². The Balaban J connectivity index is 1.59. The molecule has 1 aromatic heterocycles. The Labute approximate surface area is 145 Å². The van der Waals surface area contributed by atoms with Crippen LogP contribution in [0.3, 0.4) is 0 Å². The van der Waals surface area contributed by atoms with Crippen LogP contribution < -0.4 is 5.56 Å². The van der Waals surface area contributed by atoms with E-state index in [1.54, 1.807) is 6.07 Å². The molecule has 0 bridgehead atoms. The number of H-pyrrole nitrogens is 1. The van der Waals surface area contributed by atoms with Crippen molar-refractivity contribution >= 4 is 22.7 Å². The molecule has 1 fully saturated rings. The van der Waals surface area contributed by atoms with E-state index in [4.69, 9.17) is 0 Å². The van der Waals surface area contributed by atoms with E-state index in [1.165, 1.54) is 37.0 Å². The Morgan fingerprint density at radius 2 is 1.71 bits per heavy atom. The molecule has 1 aliphatic rings. The highest BCUT2D eigenvalue weighted by molar-refractivity contribution is 8.00. The quantitative estimate of drug-likeness (QED) is 0.731. The highest BCUT2D eigenvalue weighted by atomic mass is 32.2. The molecule has 4 heteroatoms. The van der Waals surface area contributed by atoms with Gasteiger partial charge in [0.05, 0.1) is 10.9 Å². The minimum absolute atomic E-state index is 0.0868. The number of rotatable bonds is 3. The van der Waals surface area contributed by atoms with E-state index < -0.39 is 0 Å². The lowest BCUT2D eigenvalue weighted by Gasteiger charge is -2.20. The maximum Gasteiger partial charge on any atom is 0.259 e. The summed E-state index contributed by atoms with van der Waals surface area (Å²) < 4.78 is 0. The molecule has 4 rings (SSSR count). The Bertz CT molecular complexity index is 895. The average Bonchev–Trinajstić information content (AvgIpc) is 2.63. The third-order valence-electron chi connectivity index (χ3n) is 4.60. The van der Waals surface area contributed by atoms with Crippen LogP contribution in [0.4, 0.5) is 0 Å². The number of fused-ring (bicyclic) bond motifs is 1. The Hall–Kier alpha value is -2.07. The van der Waals surface area contributed by atoms with Crippen LogP contribution >= 0.6 is 11.8 Å². The van der Waals surface area contributed by atoms with Crippen molar-refractivity contribution in [2.45, 2.75) is 42.2 Å². The predicted molar refractivity (Wildman–Crippen MR) is 101 cm³/mol. The fourth-order valence-corrected chi connectivity index (χ4v) is 4.54. The molecule has 0 amide bonds. The van der Waals surface area contributed by atoms with Gasteiger partial charge in [0.25, 0.3) is 5.56 Å². The zero-order chi connectivity index (χ0) is 16.4. The number of aromatic amines is 1. The number of para-hydroxylation sites is 1. The van der Waals surface area contributed by atoms with Crippen molar-refractivity contribution < 1.29 is 0 Å². The molecule has 1 aliphatic carbocycles. The summed E-state index contributed by atoms with van der Waals surface area (Å²) in [5.74, 6) is 0.632. The van der Waals surface area contributed by atoms with Crippen LogP contribution in [-0.4, -0.2) is 15.2 Å². The van der Waals surface area contributed by atoms with E-state index in [2.05, 4.69) is 34.2 Å². The highest BCUT2D eigenvalue weighted by Crippen LogP contribution is 2.34. The molecule has 3 aromatic rings. The molecule has 0 spiro atoms. The van der Waals surface area contributed by atoms with Crippen molar-refractivity contribution in [2.75, 3.05) is 0 Å². The van der Waals surface area contributed by atoms with E-state index >= 15 is 0 Å². The van der Waals surface area contributed by atoms with Gasteiger partial charge in [-0.1, -0.05) is 43.5 Å². The van der Waals surface area contributed by atoms with E-state index in [9.17, 15) is 4.79 Å². The standard InChI is InChI=1S/C20H20N2OS/c23-20-17-8-4-5-9-18(17)21-19(22-20)14-10-12-16(13-11-14)24-15-6-2-1-3-7-15/h4-5,8-13,15H,1-3,6-7H2,(H,21,22,23). The molecule has 3 nitrogen and oxygen atoms in total. The van der Waals surface area contributed by atoms with E-state index in [-0.39, 0.29) is 5.56 Å². The second-order valence-corrected chi connectivity index (χ2v) is 7.71. The SMILES string of the molecule is O=c1[nH]c(-c2ccc(SC3CCCCC3)cc2)nc2ccccc12. The minimum Gasteiger partial charge on any atom is -0.306 e. The largest absolute Gasteiger partial charge is 0.306 e. The average molecular weight is 336 g/mol. The maximum absolute atomic E-state index is 12.2. The molecule has 2 aromatic carbocycles. The maximum atomic E-state index is 12.2. The van der Waals surface area contributed by atoms with E-state index in [0.717, 1.165) is 16.3 Å². The van der Waals surface area contributed by atoms with Gasteiger partial charge < -0.3 is 4.98 Å². The number of benzene rings is 2. The van der Waals surface area contributed by atoms with Crippen molar-refractivity contribution in [1.29, 1.82) is 0 Å². The summed E-state index contributed by atoms with van der Waals surface area (Å²) in [5, 5.41) is 1.38. The van der Waals surface area contributed by atoms with Crippen molar-refractivity contribution in [2.24, 2.45) is 0 Å². The predicted octanol–water partition coefficient (Wildman–Crippen LogP) is 5.01. The molecule has 1 heterocycles. The monoisotopic (exact) mass is 336 g/mol. The lowest BCUT2D eigenvalue weighted by molar-refractivity contribution is 0.516. The number of aromatic nitrogens is 2. The summed E-state index contributed by atoms with van der Waals surface area (Å²) in [6, 6.07) is 15.8. The van der Waals surface area contributed by atoms with Crippen molar-refractivity contribution in [3.05, 3.63) is 58.9 Å². The van der Waals surface area contributed by atoms with Crippen LogP contribution in [0.15, 0.2) is 58.2 Å². The summed E-state index contributed by atoms with van der Waals surface area (Å²) in [5.41, 5.74) is 1.60. The molecule has 0 aliphatic heterocycles. The van der Waals surface area contributed by atoms with Gasteiger partial charge >= 0.3 is 0 Å². The molecular weight excluding hydrogens is 316 g/mol. The zero-order valence-electron chi connectivity index (χ0n) is 13.5. The summed E-state index contributed by atoms with van der Waals surface area (Å²) >= 11 is 1.98. The second kappa shape index (κ2) is 6.81. The fourth-order valence-electron chi connectivity index (χ4n) is 3.29. The van der Waals surface area contributed by atoms with Crippen LogP contribution in [0.1, 0.15) is 32.1 Å². The number of nitrogens with one attached hydrogen (secondary N) is 1. The van der Waals surface area contributed by atoms with Crippen LogP contribution in [-0.2, 0) is 0 Å². The van der Waals surface area contributed by atoms with Gasteiger partial charge in [0.1, 0.15) is 5.82 Å². The first kappa shape index (κ1) is 15.5. The molecule has 1 saturated carbocycles. The first-order valence-corrected chi connectivity index (χ1v) is 9.44. The molecular formula is C20H20N2OS. The summed E-state index contributed by atoms with van der Waals surface area (Å²) in [7, 11) is 0. The van der Waals surface area contributed by atoms with Gasteiger partial charge in [0, 0.05) is 15.7 Å². The summed E-state index contributed by atoms with van der Waals surface area (Å²) in [6.45, 7) is 0. The molecule has 0 atom stereocenters. The third kappa shape index (κ3) is 3.24. The minimum atomic E-state index is -0.0868. The topological polar surface area (TPSA) is 45.8 Å². The van der Waals surface area contributed by atoms with Crippen LogP contribution in [0, 0.1) is 0 Å². The van der Waals surface area contributed by atoms with Crippen molar-refractivity contribution in [3.8, 4) is 11.4 Å². The first-order chi connectivity index (χ1) is 11.8. The number of hydrogen-bond acceptors (Lipinski definition) is 3.